The van der Waals surface area contributed by atoms with Crippen molar-refractivity contribution in [1.82, 2.24) is 15.0 Å². The second-order valence-corrected chi connectivity index (χ2v) is 5.85. The van der Waals surface area contributed by atoms with Gasteiger partial charge in [-0.25, -0.2) is 0 Å². The summed E-state index contributed by atoms with van der Waals surface area (Å²) in [6.45, 7) is 10.7. The van der Waals surface area contributed by atoms with Crippen LogP contribution in [-0.4, -0.2) is 22.2 Å². The Morgan fingerprint density at radius 3 is 2.62 bits per heavy atom. The highest BCUT2D eigenvalue weighted by molar-refractivity contribution is 5.95. The highest BCUT2D eigenvalue weighted by atomic mass is 16.5. The molecule has 5 nitrogen and oxygen atoms in total. The summed E-state index contributed by atoms with van der Waals surface area (Å²) in [7, 11) is 0. The average molecular weight is 289 g/mol. The molecule has 0 saturated carbocycles. The fourth-order valence-corrected chi connectivity index (χ4v) is 2.37. The first-order valence-corrected chi connectivity index (χ1v) is 7.31. The number of carbonyl (C=O) groups excluding carboxylic acids is 1. The maximum Gasteiger partial charge on any atom is 0.253 e. The van der Waals surface area contributed by atoms with Gasteiger partial charge in [-0.1, -0.05) is 19.0 Å². The van der Waals surface area contributed by atoms with Crippen LogP contribution >= 0.6 is 0 Å². The molecule has 21 heavy (non-hydrogen) atoms. The van der Waals surface area contributed by atoms with E-state index in [1.807, 2.05) is 37.5 Å². The molecular weight excluding hydrogens is 266 g/mol. The summed E-state index contributed by atoms with van der Waals surface area (Å²) in [4.78, 5) is 12.3. The van der Waals surface area contributed by atoms with E-state index in [9.17, 15) is 4.79 Å². The van der Waals surface area contributed by atoms with E-state index in [4.69, 9.17) is 4.52 Å². The van der Waals surface area contributed by atoms with E-state index in [0.29, 0.717) is 23.8 Å². The van der Waals surface area contributed by atoms with Gasteiger partial charge in [0, 0.05) is 24.0 Å². The van der Waals surface area contributed by atoms with Crippen LogP contribution in [0.2, 0.25) is 0 Å². The Hall–Kier alpha value is -2.04. The number of hydrogen-bond donors (Lipinski definition) is 1. The minimum Gasteiger partial charge on any atom is -0.360 e. The van der Waals surface area contributed by atoms with Gasteiger partial charge >= 0.3 is 0 Å². The fraction of sp³-hybridized carbons (Fsp3) is 0.500. The Morgan fingerprint density at radius 2 is 2.05 bits per heavy atom. The number of hydrogen-bond acceptors (Lipinski definition) is 3. The summed E-state index contributed by atoms with van der Waals surface area (Å²) >= 11 is 0. The fourth-order valence-electron chi connectivity index (χ4n) is 2.37. The molecule has 0 spiro atoms. The minimum atomic E-state index is -0.0322. The van der Waals surface area contributed by atoms with Crippen LogP contribution in [0.15, 0.2) is 16.7 Å². The largest absolute Gasteiger partial charge is 0.360 e. The summed E-state index contributed by atoms with van der Waals surface area (Å²) in [6, 6.07) is 3.75. The predicted molar refractivity (Wildman–Crippen MR) is 81.8 cm³/mol. The van der Waals surface area contributed by atoms with Crippen molar-refractivity contribution in [2.24, 2.45) is 5.92 Å². The Kier molecular flexibility index (Phi) is 4.50. The molecule has 1 N–H and O–H groups in total. The molecule has 0 aliphatic rings. The second-order valence-electron chi connectivity index (χ2n) is 5.85. The number of amides is 1. The number of nitrogens with one attached hydrogen (secondary N) is 1. The van der Waals surface area contributed by atoms with Crippen LogP contribution in [0.25, 0.3) is 5.82 Å². The van der Waals surface area contributed by atoms with E-state index < -0.39 is 0 Å². The molecule has 0 aliphatic carbocycles. The lowest BCUT2D eigenvalue weighted by Gasteiger charge is -2.08. The molecule has 0 fully saturated rings. The zero-order valence-electron chi connectivity index (χ0n) is 13.4. The average Bonchev–Trinajstić information content (AvgIpc) is 2.93. The van der Waals surface area contributed by atoms with Gasteiger partial charge in [0.05, 0.1) is 5.56 Å². The van der Waals surface area contributed by atoms with Crippen LogP contribution in [0.4, 0.5) is 0 Å². The van der Waals surface area contributed by atoms with Crippen molar-refractivity contribution in [1.29, 1.82) is 0 Å². The topological polar surface area (TPSA) is 60.1 Å². The Morgan fingerprint density at radius 1 is 1.33 bits per heavy atom. The number of aryl methyl sites for hydroxylation is 2. The Bertz CT molecular complexity index is 638. The monoisotopic (exact) mass is 289 g/mol. The van der Waals surface area contributed by atoms with Gasteiger partial charge in [0.25, 0.3) is 5.91 Å². The zero-order chi connectivity index (χ0) is 15.6. The lowest BCUT2D eigenvalue weighted by molar-refractivity contribution is 0.0951. The SMILES string of the molecule is Cc1cc(-n2c(C)cc(C(=O)NCCC(C)C)c2C)no1. The van der Waals surface area contributed by atoms with Crippen molar-refractivity contribution in [2.75, 3.05) is 6.54 Å². The number of nitrogens with zero attached hydrogens (tertiary/aromatic N) is 2. The van der Waals surface area contributed by atoms with Gasteiger partial charge in [-0.2, -0.15) is 0 Å². The van der Waals surface area contributed by atoms with E-state index in [1.54, 1.807) is 0 Å². The Balaban J connectivity index is 2.21. The first-order chi connectivity index (χ1) is 9.90. The highest BCUT2D eigenvalue weighted by Crippen LogP contribution is 2.20. The van der Waals surface area contributed by atoms with Crippen molar-refractivity contribution in [2.45, 2.75) is 41.0 Å². The molecule has 5 heteroatoms. The molecule has 0 unspecified atom stereocenters. The highest BCUT2D eigenvalue weighted by Gasteiger charge is 2.18. The van der Waals surface area contributed by atoms with Crippen molar-refractivity contribution < 1.29 is 9.32 Å². The standard InChI is InChI=1S/C16H23N3O2/c1-10(2)6-7-17-16(20)14-8-11(3)19(13(14)5)15-9-12(4)21-18-15/h8-10H,6-7H2,1-5H3,(H,17,20). The summed E-state index contributed by atoms with van der Waals surface area (Å²) in [5.74, 6) is 2.01. The summed E-state index contributed by atoms with van der Waals surface area (Å²) in [5, 5.41) is 6.99. The van der Waals surface area contributed by atoms with E-state index in [1.165, 1.54) is 0 Å². The van der Waals surface area contributed by atoms with E-state index >= 15 is 0 Å². The summed E-state index contributed by atoms with van der Waals surface area (Å²) in [5.41, 5.74) is 2.54. The third kappa shape index (κ3) is 3.35. The van der Waals surface area contributed by atoms with Crippen LogP contribution in [0.1, 0.15) is 47.8 Å². The normalized spacial score (nSPS) is 11.1. The molecule has 2 aromatic heterocycles. The molecule has 0 bridgehead atoms. The van der Waals surface area contributed by atoms with E-state index in [-0.39, 0.29) is 5.91 Å². The van der Waals surface area contributed by atoms with Gasteiger partial charge in [0.1, 0.15) is 5.76 Å². The quantitative estimate of drug-likeness (QED) is 0.919. The van der Waals surface area contributed by atoms with Gasteiger partial charge in [-0.3, -0.25) is 9.36 Å². The molecule has 1 amide bonds. The van der Waals surface area contributed by atoms with Gasteiger partial charge < -0.3 is 9.84 Å². The van der Waals surface area contributed by atoms with Crippen LogP contribution in [-0.2, 0) is 0 Å². The van der Waals surface area contributed by atoms with Crippen molar-refractivity contribution in [3.05, 3.63) is 34.8 Å². The van der Waals surface area contributed by atoms with E-state index in [2.05, 4.69) is 24.3 Å². The second kappa shape index (κ2) is 6.16. The lowest BCUT2D eigenvalue weighted by Crippen LogP contribution is -2.25. The first kappa shape index (κ1) is 15.4. The minimum absolute atomic E-state index is 0.0322. The molecule has 0 atom stereocenters. The van der Waals surface area contributed by atoms with Gasteiger partial charge in [-0.15, -0.1) is 0 Å². The molecular formula is C16H23N3O2. The van der Waals surface area contributed by atoms with Crippen LogP contribution < -0.4 is 5.32 Å². The molecule has 2 rings (SSSR count). The molecule has 0 aromatic carbocycles. The first-order valence-electron chi connectivity index (χ1n) is 7.31. The van der Waals surface area contributed by atoms with Crippen LogP contribution in [0.5, 0.6) is 0 Å². The molecule has 0 saturated heterocycles. The molecule has 2 aromatic rings. The molecule has 0 radical (unpaired) electrons. The predicted octanol–water partition coefficient (Wildman–Crippen LogP) is 3.17. The lowest BCUT2D eigenvalue weighted by atomic mass is 10.1. The van der Waals surface area contributed by atoms with Gasteiger partial charge in [0.15, 0.2) is 5.82 Å². The van der Waals surface area contributed by atoms with Crippen LogP contribution in [0.3, 0.4) is 0 Å². The van der Waals surface area contributed by atoms with E-state index in [0.717, 1.165) is 23.6 Å². The third-order valence-corrected chi connectivity index (χ3v) is 3.53. The number of carbonyl (C=O) groups is 1. The maximum absolute atomic E-state index is 12.3. The molecule has 114 valence electrons. The smallest absolute Gasteiger partial charge is 0.253 e. The van der Waals surface area contributed by atoms with Gasteiger partial charge in [-0.05, 0) is 39.2 Å². The number of aromatic nitrogens is 2. The third-order valence-electron chi connectivity index (χ3n) is 3.53. The van der Waals surface area contributed by atoms with Crippen molar-refractivity contribution in [3.8, 4) is 5.82 Å². The van der Waals surface area contributed by atoms with Gasteiger partial charge in [0.2, 0.25) is 0 Å². The summed E-state index contributed by atoms with van der Waals surface area (Å²) < 4.78 is 7.06. The Labute approximate surface area is 125 Å². The van der Waals surface area contributed by atoms with Crippen molar-refractivity contribution in [3.63, 3.8) is 0 Å². The molecule has 0 aliphatic heterocycles. The number of rotatable bonds is 5. The summed E-state index contributed by atoms with van der Waals surface area (Å²) in [6.07, 6.45) is 0.979. The zero-order valence-corrected chi connectivity index (χ0v) is 13.4. The van der Waals surface area contributed by atoms with Crippen molar-refractivity contribution >= 4 is 5.91 Å². The van der Waals surface area contributed by atoms with Crippen LogP contribution in [0, 0.1) is 26.7 Å². The maximum atomic E-state index is 12.3. The molecule has 2 heterocycles.